The number of nitrogens with zero attached hydrogens (tertiary/aromatic N) is 1. The summed E-state index contributed by atoms with van der Waals surface area (Å²) >= 11 is 1.56. The maximum atomic E-state index is 11.5. The minimum Gasteiger partial charge on any atom is -0.293 e. The van der Waals surface area contributed by atoms with E-state index in [0.717, 1.165) is 35.5 Å². The number of thioether (sulfide) groups is 1. The van der Waals surface area contributed by atoms with Crippen LogP contribution in [0.4, 0.5) is 0 Å². The van der Waals surface area contributed by atoms with E-state index in [2.05, 4.69) is 6.07 Å². The maximum Gasteiger partial charge on any atom is 0.173 e. The highest BCUT2D eigenvalue weighted by molar-refractivity contribution is 8.04. The molecule has 1 aliphatic carbocycles. The molecular formula is C9H9NOS. The Kier molecular flexibility index (Phi) is 1.93. The number of hydrogen-bond acceptors (Lipinski definition) is 3. The largest absolute Gasteiger partial charge is 0.293 e. The molecule has 2 aliphatic rings. The lowest BCUT2D eigenvalue weighted by molar-refractivity contribution is -0.116. The fraction of sp³-hybridized carbons (Fsp3) is 0.556. The van der Waals surface area contributed by atoms with E-state index in [1.165, 1.54) is 0 Å². The van der Waals surface area contributed by atoms with Gasteiger partial charge in [0, 0.05) is 17.2 Å². The minimum atomic E-state index is 0.231. The lowest BCUT2D eigenvalue weighted by atomic mass is 10.1. The highest BCUT2D eigenvalue weighted by atomic mass is 32.2. The van der Waals surface area contributed by atoms with Crippen LogP contribution >= 0.6 is 11.8 Å². The molecule has 2 nitrogen and oxygen atoms in total. The molecule has 0 bridgehead atoms. The molecule has 62 valence electrons. The summed E-state index contributed by atoms with van der Waals surface area (Å²) in [5, 5.41) is 8.71. The molecule has 12 heavy (non-hydrogen) atoms. The van der Waals surface area contributed by atoms with E-state index < -0.39 is 0 Å². The van der Waals surface area contributed by atoms with Crippen LogP contribution in [0.25, 0.3) is 0 Å². The zero-order valence-corrected chi connectivity index (χ0v) is 7.49. The summed E-state index contributed by atoms with van der Waals surface area (Å²) in [5.41, 5.74) is 0.719. The first kappa shape index (κ1) is 7.88. The summed E-state index contributed by atoms with van der Waals surface area (Å²) in [6, 6.07) is 2.12. The van der Waals surface area contributed by atoms with E-state index in [4.69, 9.17) is 5.26 Å². The van der Waals surface area contributed by atoms with Gasteiger partial charge in [-0.05, 0) is 19.3 Å². The zero-order chi connectivity index (χ0) is 8.55. The lowest BCUT2D eigenvalue weighted by Crippen LogP contribution is -2.01. The van der Waals surface area contributed by atoms with Crippen molar-refractivity contribution < 1.29 is 4.79 Å². The summed E-state index contributed by atoms with van der Waals surface area (Å²) in [6.45, 7) is 0. The van der Waals surface area contributed by atoms with Gasteiger partial charge in [-0.25, -0.2) is 0 Å². The van der Waals surface area contributed by atoms with Crippen LogP contribution in [0.2, 0.25) is 0 Å². The first-order valence-electron chi connectivity index (χ1n) is 4.13. The van der Waals surface area contributed by atoms with Gasteiger partial charge in [-0.3, -0.25) is 4.79 Å². The number of carbonyl (C=O) groups is 1. The van der Waals surface area contributed by atoms with Gasteiger partial charge in [0.05, 0.1) is 11.0 Å². The summed E-state index contributed by atoms with van der Waals surface area (Å²) in [6.07, 6.45) is 2.85. The van der Waals surface area contributed by atoms with Crippen molar-refractivity contribution in [3.05, 3.63) is 10.5 Å². The monoisotopic (exact) mass is 179 g/mol. The molecule has 0 aromatic rings. The van der Waals surface area contributed by atoms with E-state index in [-0.39, 0.29) is 11.7 Å². The van der Waals surface area contributed by atoms with E-state index in [9.17, 15) is 4.79 Å². The van der Waals surface area contributed by atoms with Gasteiger partial charge in [-0.15, -0.1) is 11.8 Å². The van der Waals surface area contributed by atoms with Gasteiger partial charge < -0.3 is 0 Å². The molecule has 0 aromatic carbocycles. The number of Topliss-reactive ketones (excluding diaryl/α,β-unsaturated/α-hetero) is 1. The lowest BCUT2D eigenvalue weighted by Gasteiger charge is -1.97. The smallest absolute Gasteiger partial charge is 0.173 e. The summed E-state index contributed by atoms with van der Waals surface area (Å²) in [4.78, 5) is 12.3. The molecule has 0 aromatic heterocycles. The van der Waals surface area contributed by atoms with Gasteiger partial charge >= 0.3 is 0 Å². The van der Waals surface area contributed by atoms with Crippen molar-refractivity contribution in [1.29, 1.82) is 5.26 Å². The molecule has 1 heterocycles. The Hall–Kier alpha value is -0.750. The predicted octanol–water partition coefficient (Wildman–Crippen LogP) is 1.88. The normalized spacial score (nSPS) is 22.6. The molecular weight excluding hydrogens is 170 g/mol. The summed E-state index contributed by atoms with van der Waals surface area (Å²) in [7, 11) is 0. The Bertz CT molecular complexity index is 296. The first-order valence-corrected chi connectivity index (χ1v) is 5.11. The van der Waals surface area contributed by atoms with Gasteiger partial charge in [0.2, 0.25) is 0 Å². The standard InChI is InChI=1S/C9H9NOS/c10-5-7-3-4-12-9(7)8(11)6-1-2-6/h6H,1-4H2. The SMILES string of the molecule is N#CC1=C(C(=O)C2CC2)SCC1. The highest BCUT2D eigenvalue weighted by Crippen LogP contribution is 2.40. The summed E-state index contributed by atoms with van der Waals surface area (Å²) in [5.74, 6) is 1.40. The van der Waals surface area contributed by atoms with Crippen molar-refractivity contribution in [3.63, 3.8) is 0 Å². The topological polar surface area (TPSA) is 40.9 Å². The van der Waals surface area contributed by atoms with Crippen molar-refractivity contribution in [2.75, 3.05) is 5.75 Å². The maximum absolute atomic E-state index is 11.5. The van der Waals surface area contributed by atoms with Crippen LogP contribution in [-0.4, -0.2) is 11.5 Å². The van der Waals surface area contributed by atoms with E-state index in [0.29, 0.717) is 0 Å². The Morgan fingerprint density at radius 3 is 2.92 bits per heavy atom. The summed E-state index contributed by atoms with van der Waals surface area (Å²) < 4.78 is 0. The number of hydrogen-bond donors (Lipinski definition) is 0. The fourth-order valence-electron chi connectivity index (χ4n) is 1.31. The Labute approximate surface area is 75.6 Å². The number of nitriles is 1. The average Bonchev–Trinajstić information content (AvgIpc) is 2.82. The van der Waals surface area contributed by atoms with Gasteiger partial charge in [0.15, 0.2) is 5.78 Å². The van der Waals surface area contributed by atoms with Crippen LogP contribution < -0.4 is 0 Å². The van der Waals surface area contributed by atoms with Crippen LogP contribution in [0.15, 0.2) is 10.5 Å². The molecule has 0 spiro atoms. The van der Waals surface area contributed by atoms with Crippen LogP contribution in [0.1, 0.15) is 19.3 Å². The van der Waals surface area contributed by atoms with E-state index in [1.807, 2.05) is 0 Å². The third kappa shape index (κ3) is 1.27. The number of carbonyl (C=O) groups excluding carboxylic acids is 1. The molecule has 0 saturated heterocycles. The second-order valence-corrected chi connectivity index (χ2v) is 4.26. The van der Waals surface area contributed by atoms with Crippen LogP contribution in [0.3, 0.4) is 0 Å². The third-order valence-electron chi connectivity index (χ3n) is 2.18. The molecule has 0 atom stereocenters. The van der Waals surface area contributed by atoms with Crippen molar-refractivity contribution in [2.45, 2.75) is 19.3 Å². The molecule has 0 N–H and O–H groups in total. The number of rotatable bonds is 2. The third-order valence-corrected chi connectivity index (χ3v) is 3.32. The van der Waals surface area contributed by atoms with Crippen molar-refractivity contribution in [2.24, 2.45) is 5.92 Å². The minimum absolute atomic E-state index is 0.231. The van der Waals surface area contributed by atoms with Crippen LogP contribution in [0.5, 0.6) is 0 Å². The molecule has 1 fully saturated rings. The molecule has 0 radical (unpaired) electrons. The second kappa shape index (κ2) is 2.95. The van der Waals surface area contributed by atoms with Gasteiger partial charge in [0.1, 0.15) is 0 Å². The van der Waals surface area contributed by atoms with Crippen molar-refractivity contribution in [3.8, 4) is 6.07 Å². The van der Waals surface area contributed by atoms with Crippen molar-refractivity contribution >= 4 is 17.5 Å². The second-order valence-electron chi connectivity index (χ2n) is 3.16. The predicted molar refractivity (Wildman–Crippen MR) is 47.4 cm³/mol. The number of ketones is 1. The van der Waals surface area contributed by atoms with Gasteiger partial charge in [-0.1, -0.05) is 0 Å². The van der Waals surface area contributed by atoms with E-state index in [1.54, 1.807) is 11.8 Å². The van der Waals surface area contributed by atoms with Crippen molar-refractivity contribution in [1.82, 2.24) is 0 Å². The molecule has 0 unspecified atom stereocenters. The van der Waals surface area contributed by atoms with Crippen LogP contribution in [0, 0.1) is 17.2 Å². The molecule has 3 heteroatoms. The van der Waals surface area contributed by atoms with Gasteiger partial charge in [-0.2, -0.15) is 5.26 Å². The fourth-order valence-corrected chi connectivity index (χ4v) is 2.45. The zero-order valence-electron chi connectivity index (χ0n) is 6.67. The molecule has 2 rings (SSSR count). The average molecular weight is 179 g/mol. The van der Waals surface area contributed by atoms with Crippen LogP contribution in [-0.2, 0) is 4.79 Å². The first-order chi connectivity index (χ1) is 5.83. The Morgan fingerprint density at radius 2 is 2.33 bits per heavy atom. The quantitative estimate of drug-likeness (QED) is 0.649. The number of allylic oxidation sites excluding steroid dienone is 2. The van der Waals surface area contributed by atoms with E-state index >= 15 is 0 Å². The Balaban J connectivity index is 2.20. The van der Waals surface area contributed by atoms with Gasteiger partial charge in [0.25, 0.3) is 0 Å². The highest BCUT2D eigenvalue weighted by Gasteiger charge is 2.34. The Morgan fingerprint density at radius 1 is 1.58 bits per heavy atom. The molecule has 1 saturated carbocycles. The molecule has 1 aliphatic heterocycles. The molecule has 0 amide bonds.